The van der Waals surface area contributed by atoms with Gasteiger partial charge in [-0.15, -0.1) is 0 Å². The fourth-order valence-electron chi connectivity index (χ4n) is 0.830. The molecular weight excluding hydrogens is 184 g/mol. The predicted octanol–water partition coefficient (Wildman–Crippen LogP) is -0.0156. The van der Waals surface area contributed by atoms with Gasteiger partial charge in [0.2, 0.25) is 0 Å². The Morgan fingerprint density at radius 1 is 1.43 bits per heavy atom. The van der Waals surface area contributed by atoms with Gasteiger partial charge in [-0.1, -0.05) is 0 Å². The number of nitrogens with one attached hydrogen (secondary N) is 1. The van der Waals surface area contributed by atoms with Crippen LogP contribution in [0, 0.1) is 0 Å². The zero-order chi connectivity index (χ0) is 10.4. The summed E-state index contributed by atoms with van der Waals surface area (Å²) in [7, 11) is 1.26. The molecule has 0 saturated carbocycles. The molecule has 5 nitrogen and oxygen atoms in total. The van der Waals surface area contributed by atoms with Gasteiger partial charge >= 0.3 is 5.97 Å². The summed E-state index contributed by atoms with van der Waals surface area (Å²) >= 11 is 0. The first-order valence-electron chi connectivity index (χ1n) is 3.99. The second-order valence-corrected chi connectivity index (χ2v) is 2.49. The number of methoxy groups -OCH3 is 1. The maximum absolute atomic E-state index is 11.3. The van der Waals surface area contributed by atoms with Crippen LogP contribution < -0.4 is 5.32 Å². The maximum Gasteiger partial charge on any atom is 0.325 e. The second kappa shape index (κ2) is 4.96. The molecule has 1 amide bonds. The lowest BCUT2D eigenvalue weighted by molar-refractivity contribution is -0.139. The number of hydrogen-bond donors (Lipinski definition) is 1. The van der Waals surface area contributed by atoms with Crippen LogP contribution in [0.15, 0.2) is 24.5 Å². The van der Waals surface area contributed by atoms with E-state index in [0.29, 0.717) is 5.56 Å². The summed E-state index contributed by atoms with van der Waals surface area (Å²) < 4.78 is 4.37. The fraction of sp³-hybridized carbons (Fsp3) is 0.222. The van der Waals surface area contributed by atoms with Gasteiger partial charge in [-0.25, -0.2) is 0 Å². The maximum atomic E-state index is 11.3. The normalized spacial score (nSPS) is 9.21. The van der Waals surface area contributed by atoms with E-state index in [0.717, 1.165) is 0 Å². The molecule has 1 aromatic heterocycles. The molecule has 1 N–H and O–H groups in total. The first-order chi connectivity index (χ1) is 6.74. The number of rotatable bonds is 3. The van der Waals surface area contributed by atoms with Gasteiger partial charge in [0.1, 0.15) is 6.54 Å². The highest BCUT2D eigenvalue weighted by Gasteiger charge is 2.06. The van der Waals surface area contributed by atoms with Gasteiger partial charge in [0.05, 0.1) is 7.11 Å². The van der Waals surface area contributed by atoms with Gasteiger partial charge in [-0.2, -0.15) is 0 Å². The van der Waals surface area contributed by atoms with Crippen molar-refractivity contribution in [2.45, 2.75) is 0 Å². The molecule has 0 unspecified atom stereocenters. The van der Waals surface area contributed by atoms with Crippen molar-refractivity contribution in [1.82, 2.24) is 10.3 Å². The average Bonchev–Trinajstić information content (AvgIpc) is 2.26. The van der Waals surface area contributed by atoms with Crippen LogP contribution in [0.4, 0.5) is 0 Å². The van der Waals surface area contributed by atoms with E-state index >= 15 is 0 Å². The van der Waals surface area contributed by atoms with Crippen LogP contribution in [0.3, 0.4) is 0 Å². The van der Waals surface area contributed by atoms with Crippen LogP contribution in [0.2, 0.25) is 0 Å². The molecule has 1 heterocycles. The van der Waals surface area contributed by atoms with Crippen LogP contribution in [0.25, 0.3) is 0 Å². The number of hydrogen-bond acceptors (Lipinski definition) is 4. The molecule has 0 aromatic carbocycles. The molecule has 14 heavy (non-hydrogen) atoms. The number of nitrogens with zero attached hydrogens (tertiary/aromatic N) is 1. The Labute approximate surface area is 81.1 Å². The molecule has 0 spiro atoms. The number of esters is 1. The first kappa shape index (κ1) is 10.2. The van der Waals surface area contributed by atoms with E-state index in [4.69, 9.17) is 0 Å². The number of ether oxygens (including phenoxy) is 1. The molecule has 0 fully saturated rings. The van der Waals surface area contributed by atoms with Crippen molar-refractivity contribution in [3.05, 3.63) is 30.1 Å². The van der Waals surface area contributed by atoms with Gasteiger partial charge in [0.25, 0.3) is 5.91 Å². The third kappa shape index (κ3) is 2.85. The molecule has 0 radical (unpaired) electrons. The molecule has 0 atom stereocenters. The summed E-state index contributed by atoms with van der Waals surface area (Å²) in [6.45, 7) is -0.127. The predicted molar refractivity (Wildman–Crippen MR) is 48.6 cm³/mol. The van der Waals surface area contributed by atoms with Crippen LogP contribution in [-0.2, 0) is 9.53 Å². The average molecular weight is 194 g/mol. The third-order valence-electron chi connectivity index (χ3n) is 1.56. The Hall–Kier alpha value is -1.91. The van der Waals surface area contributed by atoms with Crippen LogP contribution >= 0.6 is 0 Å². The van der Waals surface area contributed by atoms with E-state index in [1.807, 2.05) is 0 Å². The molecule has 1 rings (SSSR count). The SMILES string of the molecule is COC(=O)CNC(=O)c1ccncc1. The monoisotopic (exact) mass is 194 g/mol. The highest BCUT2D eigenvalue weighted by atomic mass is 16.5. The highest BCUT2D eigenvalue weighted by molar-refractivity contribution is 5.95. The molecule has 74 valence electrons. The van der Waals surface area contributed by atoms with Gasteiger partial charge in [-0.3, -0.25) is 14.6 Å². The Kier molecular flexibility index (Phi) is 3.60. The second-order valence-electron chi connectivity index (χ2n) is 2.49. The van der Waals surface area contributed by atoms with E-state index in [1.54, 1.807) is 12.1 Å². The van der Waals surface area contributed by atoms with E-state index < -0.39 is 5.97 Å². The summed E-state index contributed by atoms with van der Waals surface area (Å²) in [6.07, 6.45) is 3.01. The number of carbonyl (C=O) groups excluding carboxylic acids is 2. The summed E-state index contributed by atoms with van der Waals surface area (Å²) in [5.41, 5.74) is 0.462. The largest absolute Gasteiger partial charge is 0.468 e. The van der Waals surface area contributed by atoms with Crippen molar-refractivity contribution in [3.63, 3.8) is 0 Å². The van der Waals surface area contributed by atoms with E-state index in [1.165, 1.54) is 19.5 Å². The quantitative estimate of drug-likeness (QED) is 0.687. The van der Waals surface area contributed by atoms with Crippen molar-refractivity contribution >= 4 is 11.9 Å². The Balaban J connectivity index is 2.48. The van der Waals surface area contributed by atoms with E-state index in [2.05, 4.69) is 15.0 Å². The molecule has 0 bridgehead atoms. The number of amides is 1. The third-order valence-corrected chi connectivity index (χ3v) is 1.56. The molecular formula is C9H10N2O3. The van der Waals surface area contributed by atoms with Gasteiger partial charge < -0.3 is 10.1 Å². The Bertz CT molecular complexity index is 324. The lowest BCUT2D eigenvalue weighted by Crippen LogP contribution is -2.30. The standard InChI is InChI=1S/C9H10N2O3/c1-14-8(12)6-11-9(13)7-2-4-10-5-3-7/h2-5H,6H2,1H3,(H,11,13). The summed E-state index contributed by atoms with van der Waals surface area (Å²) in [6, 6.07) is 3.12. The lowest BCUT2D eigenvalue weighted by atomic mass is 10.2. The lowest BCUT2D eigenvalue weighted by Gasteiger charge is -2.02. The molecule has 5 heteroatoms. The van der Waals surface area contributed by atoms with E-state index in [9.17, 15) is 9.59 Å². The number of aromatic nitrogens is 1. The van der Waals surface area contributed by atoms with Crippen LogP contribution in [0.5, 0.6) is 0 Å². The fourth-order valence-corrected chi connectivity index (χ4v) is 0.830. The smallest absolute Gasteiger partial charge is 0.325 e. The van der Waals surface area contributed by atoms with Gasteiger partial charge in [0, 0.05) is 18.0 Å². The van der Waals surface area contributed by atoms with Crippen molar-refractivity contribution in [2.75, 3.05) is 13.7 Å². The molecule has 0 aliphatic heterocycles. The Morgan fingerprint density at radius 2 is 2.07 bits per heavy atom. The summed E-state index contributed by atoms with van der Waals surface area (Å²) in [5.74, 6) is -0.801. The van der Waals surface area contributed by atoms with Crippen LogP contribution in [0.1, 0.15) is 10.4 Å². The zero-order valence-corrected chi connectivity index (χ0v) is 7.69. The number of pyridine rings is 1. The molecule has 0 aliphatic carbocycles. The molecule has 1 aromatic rings. The van der Waals surface area contributed by atoms with Gasteiger partial charge in [-0.05, 0) is 12.1 Å². The van der Waals surface area contributed by atoms with Crippen molar-refractivity contribution in [3.8, 4) is 0 Å². The highest BCUT2D eigenvalue weighted by Crippen LogP contribution is 1.94. The Morgan fingerprint density at radius 3 is 2.64 bits per heavy atom. The zero-order valence-electron chi connectivity index (χ0n) is 7.69. The van der Waals surface area contributed by atoms with Crippen molar-refractivity contribution in [1.29, 1.82) is 0 Å². The summed E-state index contributed by atoms with van der Waals surface area (Å²) in [4.78, 5) is 25.8. The van der Waals surface area contributed by atoms with Gasteiger partial charge in [0.15, 0.2) is 0 Å². The molecule has 0 saturated heterocycles. The minimum absolute atomic E-state index is 0.127. The molecule has 0 aliphatic rings. The van der Waals surface area contributed by atoms with Crippen molar-refractivity contribution < 1.29 is 14.3 Å². The summed E-state index contributed by atoms with van der Waals surface area (Å²) in [5, 5.41) is 2.41. The minimum atomic E-state index is -0.479. The minimum Gasteiger partial charge on any atom is -0.468 e. The first-order valence-corrected chi connectivity index (χ1v) is 3.99. The topological polar surface area (TPSA) is 68.3 Å². The number of carbonyl (C=O) groups is 2. The van der Waals surface area contributed by atoms with Crippen molar-refractivity contribution in [2.24, 2.45) is 0 Å². The van der Waals surface area contributed by atoms with Crippen LogP contribution in [-0.4, -0.2) is 30.5 Å². The van der Waals surface area contributed by atoms with E-state index in [-0.39, 0.29) is 12.5 Å².